The first kappa shape index (κ1) is 15.8. The molecule has 0 bridgehead atoms. The lowest BCUT2D eigenvalue weighted by atomic mass is 10.2. The van der Waals surface area contributed by atoms with Crippen molar-refractivity contribution in [2.75, 3.05) is 18.5 Å². The summed E-state index contributed by atoms with van der Waals surface area (Å²) in [7, 11) is 0. The first-order valence-electron chi connectivity index (χ1n) is 6.78. The number of nitrogens with one attached hydrogen (secondary N) is 1. The van der Waals surface area contributed by atoms with Crippen molar-refractivity contribution in [3.05, 3.63) is 53.0 Å². The molecule has 1 aromatic carbocycles. The second-order valence-corrected chi connectivity index (χ2v) is 6.39. The smallest absolute Gasteiger partial charge is 0.206 e. The predicted molar refractivity (Wildman–Crippen MR) is 91.2 cm³/mol. The Morgan fingerprint density at radius 2 is 2.17 bits per heavy atom. The monoisotopic (exact) mass is 394 g/mol. The second kappa shape index (κ2) is 7.47. The Morgan fingerprint density at radius 3 is 3.00 bits per heavy atom. The fourth-order valence-corrected chi connectivity index (χ4v) is 2.97. The highest BCUT2D eigenvalue weighted by atomic mass is 79.9. The third-order valence-corrected chi connectivity index (χ3v) is 4.27. The van der Waals surface area contributed by atoms with Crippen molar-refractivity contribution >= 4 is 32.4 Å². The summed E-state index contributed by atoms with van der Waals surface area (Å²) in [5, 5.41) is 12.3. The number of ether oxygens (including phenoxy) is 1. The number of benzene rings is 1. The van der Waals surface area contributed by atoms with Crippen LogP contribution in [0.5, 0.6) is 5.75 Å². The van der Waals surface area contributed by atoms with Gasteiger partial charge in [-0.15, -0.1) is 10.2 Å². The molecular weight excluding hydrogens is 383 g/mol. The molecule has 23 heavy (non-hydrogen) atoms. The van der Waals surface area contributed by atoms with Crippen LogP contribution in [0.2, 0.25) is 0 Å². The summed E-state index contributed by atoms with van der Waals surface area (Å²) in [5.41, 5.74) is 0.427. The molecule has 0 spiro atoms. The quantitative estimate of drug-likeness (QED) is 0.640. The lowest BCUT2D eigenvalue weighted by Crippen LogP contribution is -2.11. The van der Waals surface area contributed by atoms with Crippen molar-refractivity contribution in [1.82, 2.24) is 15.2 Å². The van der Waals surface area contributed by atoms with Gasteiger partial charge >= 0.3 is 0 Å². The lowest BCUT2D eigenvalue weighted by molar-refractivity contribution is 0.331. The Labute approximate surface area is 144 Å². The largest absolute Gasteiger partial charge is 0.490 e. The molecule has 3 rings (SSSR count). The minimum absolute atomic E-state index is 0.323. The van der Waals surface area contributed by atoms with Crippen molar-refractivity contribution in [3.63, 3.8) is 0 Å². The first-order chi connectivity index (χ1) is 11.2. The summed E-state index contributed by atoms with van der Waals surface area (Å²) in [6.07, 6.45) is 3.34. The maximum absolute atomic E-state index is 13.8. The number of aromatic nitrogens is 3. The molecule has 0 saturated carbocycles. The van der Waals surface area contributed by atoms with E-state index in [9.17, 15) is 4.39 Å². The number of rotatable bonds is 6. The van der Waals surface area contributed by atoms with E-state index in [4.69, 9.17) is 4.74 Å². The van der Waals surface area contributed by atoms with E-state index < -0.39 is 0 Å². The molecule has 0 aliphatic heterocycles. The van der Waals surface area contributed by atoms with Crippen LogP contribution in [0.3, 0.4) is 0 Å². The zero-order valence-electron chi connectivity index (χ0n) is 11.9. The highest BCUT2D eigenvalue weighted by Gasteiger charge is 2.11. The van der Waals surface area contributed by atoms with E-state index in [-0.39, 0.29) is 5.82 Å². The highest BCUT2D eigenvalue weighted by Crippen LogP contribution is 2.30. The van der Waals surface area contributed by atoms with Crippen LogP contribution in [0, 0.1) is 5.82 Å². The average Bonchev–Trinajstić information content (AvgIpc) is 3.03. The summed E-state index contributed by atoms with van der Waals surface area (Å²) in [6, 6.07) is 8.38. The van der Waals surface area contributed by atoms with E-state index in [1.807, 2.05) is 12.1 Å². The Kier molecular flexibility index (Phi) is 5.14. The molecule has 0 aliphatic carbocycles. The van der Waals surface area contributed by atoms with Crippen molar-refractivity contribution < 1.29 is 9.13 Å². The van der Waals surface area contributed by atoms with Crippen molar-refractivity contribution in [3.8, 4) is 16.3 Å². The van der Waals surface area contributed by atoms with Gasteiger partial charge in [0.15, 0.2) is 5.01 Å². The van der Waals surface area contributed by atoms with E-state index in [2.05, 4.69) is 36.4 Å². The fourth-order valence-electron chi connectivity index (χ4n) is 1.82. The summed E-state index contributed by atoms with van der Waals surface area (Å²) in [4.78, 5) is 3.97. The van der Waals surface area contributed by atoms with Gasteiger partial charge in [-0.1, -0.05) is 27.3 Å². The molecule has 0 aliphatic rings. The van der Waals surface area contributed by atoms with Crippen LogP contribution in [0.4, 0.5) is 9.52 Å². The molecule has 0 unspecified atom stereocenters. The standard InChI is InChI=1S/C15H12BrFN4OS/c16-10-3-4-13(17)12(8-10)14-20-21-15(23-14)19-6-7-22-11-2-1-5-18-9-11/h1-5,8-9H,6-7H2,(H,19,21). The third kappa shape index (κ3) is 4.23. The molecule has 0 radical (unpaired) electrons. The Hall–Kier alpha value is -2.06. The van der Waals surface area contributed by atoms with E-state index >= 15 is 0 Å². The van der Waals surface area contributed by atoms with Crippen LogP contribution in [-0.4, -0.2) is 28.3 Å². The average molecular weight is 395 g/mol. The Morgan fingerprint density at radius 1 is 1.26 bits per heavy atom. The summed E-state index contributed by atoms with van der Waals surface area (Å²) in [5.74, 6) is 0.388. The molecule has 3 aromatic rings. The minimum Gasteiger partial charge on any atom is -0.490 e. The van der Waals surface area contributed by atoms with Gasteiger partial charge in [0.1, 0.15) is 18.2 Å². The normalized spacial score (nSPS) is 10.5. The van der Waals surface area contributed by atoms with Crippen molar-refractivity contribution in [2.24, 2.45) is 0 Å². The van der Waals surface area contributed by atoms with Gasteiger partial charge in [0.05, 0.1) is 12.7 Å². The summed E-state index contributed by atoms with van der Waals surface area (Å²) in [6.45, 7) is 1.02. The number of nitrogens with zero attached hydrogens (tertiary/aromatic N) is 3. The van der Waals surface area contributed by atoms with Gasteiger partial charge in [-0.05, 0) is 30.3 Å². The van der Waals surface area contributed by atoms with Crippen molar-refractivity contribution in [1.29, 1.82) is 0 Å². The number of hydrogen-bond acceptors (Lipinski definition) is 6. The Balaban J connectivity index is 1.56. The van der Waals surface area contributed by atoms with Gasteiger partial charge in [0, 0.05) is 16.2 Å². The van der Waals surface area contributed by atoms with E-state index in [0.717, 1.165) is 4.47 Å². The van der Waals surface area contributed by atoms with E-state index in [0.29, 0.717) is 34.6 Å². The Bertz CT molecular complexity index is 784. The minimum atomic E-state index is -0.323. The second-order valence-electron chi connectivity index (χ2n) is 4.50. The van der Waals surface area contributed by atoms with Gasteiger partial charge < -0.3 is 10.1 Å². The van der Waals surface area contributed by atoms with Crippen LogP contribution < -0.4 is 10.1 Å². The predicted octanol–water partition coefficient (Wildman–Crippen LogP) is 3.99. The highest BCUT2D eigenvalue weighted by molar-refractivity contribution is 9.10. The van der Waals surface area contributed by atoms with E-state index in [1.54, 1.807) is 24.5 Å². The van der Waals surface area contributed by atoms with Crippen LogP contribution in [0.25, 0.3) is 10.6 Å². The third-order valence-electron chi connectivity index (χ3n) is 2.87. The van der Waals surface area contributed by atoms with Gasteiger partial charge in [-0.25, -0.2) is 4.39 Å². The van der Waals surface area contributed by atoms with Crippen LogP contribution in [0.15, 0.2) is 47.2 Å². The molecule has 5 nitrogen and oxygen atoms in total. The number of pyridine rings is 1. The summed E-state index contributed by atoms with van der Waals surface area (Å²) < 4.78 is 20.1. The fraction of sp³-hybridized carbons (Fsp3) is 0.133. The summed E-state index contributed by atoms with van der Waals surface area (Å²) >= 11 is 4.62. The molecule has 0 fully saturated rings. The molecule has 0 saturated heterocycles. The molecular formula is C15H12BrFN4OS. The first-order valence-corrected chi connectivity index (χ1v) is 8.39. The zero-order chi connectivity index (χ0) is 16.1. The number of hydrogen-bond donors (Lipinski definition) is 1. The molecule has 2 aromatic heterocycles. The van der Waals surface area contributed by atoms with Gasteiger partial charge in [0.2, 0.25) is 5.13 Å². The lowest BCUT2D eigenvalue weighted by Gasteiger charge is -2.05. The van der Waals surface area contributed by atoms with Gasteiger partial charge in [-0.2, -0.15) is 0 Å². The van der Waals surface area contributed by atoms with Crippen LogP contribution in [0.1, 0.15) is 0 Å². The molecule has 0 atom stereocenters. The van der Waals surface area contributed by atoms with Gasteiger partial charge in [-0.3, -0.25) is 4.98 Å². The maximum Gasteiger partial charge on any atom is 0.206 e. The molecule has 0 amide bonds. The number of halogens is 2. The van der Waals surface area contributed by atoms with Crippen LogP contribution >= 0.6 is 27.3 Å². The van der Waals surface area contributed by atoms with Crippen molar-refractivity contribution in [2.45, 2.75) is 0 Å². The molecule has 2 heterocycles. The number of anilines is 1. The maximum atomic E-state index is 13.8. The SMILES string of the molecule is Fc1ccc(Br)cc1-c1nnc(NCCOc2cccnc2)s1. The zero-order valence-corrected chi connectivity index (χ0v) is 14.3. The van der Waals surface area contributed by atoms with Gasteiger partial charge in [0.25, 0.3) is 0 Å². The molecule has 118 valence electrons. The molecule has 1 N–H and O–H groups in total. The topological polar surface area (TPSA) is 59.9 Å². The molecule has 8 heteroatoms. The van der Waals surface area contributed by atoms with E-state index in [1.165, 1.54) is 17.4 Å². The van der Waals surface area contributed by atoms with Crippen LogP contribution in [-0.2, 0) is 0 Å².